The summed E-state index contributed by atoms with van der Waals surface area (Å²) < 4.78 is 15.9. The quantitative estimate of drug-likeness (QED) is 0.353. The summed E-state index contributed by atoms with van der Waals surface area (Å²) in [5.41, 5.74) is -0.183. The minimum atomic E-state index is -1.08. The van der Waals surface area contributed by atoms with Crippen LogP contribution in [-0.4, -0.2) is 46.7 Å². The van der Waals surface area contributed by atoms with Crippen molar-refractivity contribution in [2.45, 2.75) is 24.7 Å². The summed E-state index contributed by atoms with van der Waals surface area (Å²) in [6.45, 7) is -0.223. The molecule has 1 heterocycles. The number of carbonyl (C=O) groups excluding carboxylic acids is 2. The van der Waals surface area contributed by atoms with Crippen molar-refractivity contribution in [3.05, 3.63) is 79.9 Å². The predicted molar refractivity (Wildman–Crippen MR) is 105 cm³/mol. The largest absolute Gasteiger partial charge is 0.459 e. The van der Waals surface area contributed by atoms with E-state index in [1.54, 1.807) is 0 Å². The maximum Gasteiger partial charge on any atom is 0.338 e. The molecule has 0 radical (unpaired) electrons. The second-order valence-corrected chi connectivity index (χ2v) is 6.69. The number of non-ortho nitro benzene ring substituents is 2. The number of hydrogen-bond donors (Lipinski definition) is 0. The predicted octanol–water partition coefficient (Wildman–Crippen LogP) is 2.57. The lowest BCUT2D eigenvalue weighted by Gasteiger charge is -2.13. The van der Waals surface area contributed by atoms with E-state index >= 15 is 0 Å². The lowest BCUT2D eigenvalue weighted by molar-refractivity contribution is -0.385. The number of nitro groups is 2. The van der Waals surface area contributed by atoms with Crippen LogP contribution in [0.25, 0.3) is 0 Å². The number of nitrogens with zero attached hydrogens (tertiary/aromatic N) is 3. The third-order valence-corrected chi connectivity index (χ3v) is 4.59. The number of benzene rings is 2. The van der Waals surface area contributed by atoms with Crippen molar-refractivity contribution in [2.24, 2.45) is 0 Å². The fourth-order valence-electron chi connectivity index (χ4n) is 2.96. The van der Waals surface area contributed by atoms with Crippen LogP contribution in [0.4, 0.5) is 11.4 Å². The van der Waals surface area contributed by atoms with Crippen LogP contribution in [0.5, 0.6) is 0 Å². The molecular formula is C20H15N3O9. The van der Waals surface area contributed by atoms with E-state index in [1.165, 1.54) is 36.4 Å². The Bertz CT molecular complexity index is 1080. The van der Waals surface area contributed by atoms with Crippen LogP contribution in [-0.2, 0) is 14.2 Å². The smallest absolute Gasteiger partial charge is 0.338 e. The van der Waals surface area contributed by atoms with E-state index in [1.807, 2.05) is 6.07 Å². The average Bonchev–Trinajstić information content (AvgIpc) is 3.19. The lowest BCUT2D eigenvalue weighted by Crippen LogP contribution is -2.26. The van der Waals surface area contributed by atoms with Crippen LogP contribution in [0, 0.1) is 31.6 Å². The van der Waals surface area contributed by atoms with Crippen molar-refractivity contribution in [3.63, 3.8) is 0 Å². The molecular weight excluding hydrogens is 426 g/mol. The Labute approximate surface area is 180 Å². The molecule has 0 bridgehead atoms. The highest BCUT2D eigenvalue weighted by atomic mass is 16.6. The van der Waals surface area contributed by atoms with Gasteiger partial charge in [-0.25, -0.2) is 9.59 Å². The zero-order valence-electron chi connectivity index (χ0n) is 16.3. The van der Waals surface area contributed by atoms with Crippen molar-refractivity contribution in [3.8, 4) is 6.07 Å². The van der Waals surface area contributed by atoms with E-state index in [2.05, 4.69) is 0 Å². The second kappa shape index (κ2) is 9.63. The Morgan fingerprint density at radius 3 is 1.94 bits per heavy atom. The van der Waals surface area contributed by atoms with Gasteiger partial charge in [0, 0.05) is 30.7 Å². The average molecular weight is 441 g/mol. The molecule has 0 saturated carbocycles. The van der Waals surface area contributed by atoms with Gasteiger partial charge in [0.15, 0.2) is 6.10 Å². The molecule has 2 aromatic rings. The SMILES string of the molecule is N#CC1OC(COC(=O)c2ccc([N+](=O)[O-])cc2)CC1OC(=O)c1ccc([N+](=O)[O-])cc1. The van der Waals surface area contributed by atoms with Crippen LogP contribution < -0.4 is 0 Å². The van der Waals surface area contributed by atoms with E-state index < -0.39 is 40.1 Å². The zero-order valence-corrected chi connectivity index (χ0v) is 16.3. The summed E-state index contributed by atoms with van der Waals surface area (Å²) in [7, 11) is 0. The van der Waals surface area contributed by atoms with Gasteiger partial charge < -0.3 is 14.2 Å². The first-order chi connectivity index (χ1) is 15.3. The van der Waals surface area contributed by atoms with Crippen LogP contribution in [0.15, 0.2) is 48.5 Å². The van der Waals surface area contributed by atoms with Gasteiger partial charge in [-0.05, 0) is 24.3 Å². The summed E-state index contributed by atoms with van der Waals surface area (Å²) >= 11 is 0. The third kappa shape index (κ3) is 5.21. The third-order valence-electron chi connectivity index (χ3n) is 4.59. The molecule has 1 saturated heterocycles. The monoisotopic (exact) mass is 441 g/mol. The molecule has 0 aromatic heterocycles. The lowest BCUT2D eigenvalue weighted by atomic mass is 10.1. The molecule has 0 aliphatic carbocycles. The van der Waals surface area contributed by atoms with Gasteiger partial charge in [0.2, 0.25) is 0 Å². The van der Waals surface area contributed by atoms with Gasteiger partial charge in [-0.3, -0.25) is 20.2 Å². The fourth-order valence-corrected chi connectivity index (χ4v) is 2.96. The maximum absolute atomic E-state index is 12.3. The molecule has 3 unspecified atom stereocenters. The van der Waals surface area contributed by atoms with E-state index in [0.717, 1.165) is 12.1 Å². The molecule has 2 aromatic carbocycles. The molecule has 0 spiro atoms. The molecule has 12 heteroatoms. The number of carbonyl (C=O) groups is 2. The topological polar surface area (TPSA) is 172 Å². The molecule has 0 N–H and O–H groups in total. The van der Waals surface area contributed by atoms with Crippen molar-refractivity contribution in [1.82, 2.24) is 0 Å². The van der Waals surface area contributed by atoms with Gasteiger partial charge in [-0.1, -0.05) is 0 Å². The molecule has 1 aliphatic rings. The Morgan fingerprint density at radius 2 is 1.47 bits per heavy atom. The van der Waals surface area contributed by atoms with Gasteiger partial charge in [0.1, 0.15) is 12.7 Å². The normalized spacial score (nSPS) is 19.5. The minimum Gasteiger partial charge on any atom is -0.459 e. The highest BCUT2D eigenvalue weighted by Crippen LogP contribution is 2.25. The molecule has 3 rings (SSSR count). The first-order valence-electron chi connectivity index (χ1n) is 9.20. The first-order valence-corrected chi connectivity index (χ1v) is 9.20. The van der Waals surface area contributed by atoms with Crippen LogP contribution in [0.1, 0.15) is 27.1 Å². The molecule has 1 fully saturated rings. The molecule has 1 aliphatic heterocycles. The van der Waals surface area contributed by atoms with Gasteiger partial charge in [-0.2, -0.15) is 5.26 Å². The number of ether oxygens (including phenoxy) is 3. The summed E-state index contributed by atoms with van der Waals surface area (Å²) in [6.07, 6.45) is -2.63. The van der Waals surface area contributed by atoms with Gasteiger partial charge in [0.25, 0.3) is 11.4 Å². The van der Waals surface area contributed by atoms with Crippen molar-refractivity contribution >= 4 is 23.3 Å². The molecule has 12 nitrogen and oxygen atoms in total. The standard InChI is InChI=1S/C20H15N3O9/c21-10-18-17(32-20(25)13-3-7-15(8-4-13)23(28)29)9-16(31-18)11-30-19(24)12-1-5-14(6-2-12)22(26)27/h1-8,16-18H,9,11H2. The summed E-state index contributed by atoms with van der Waals surface area (Å²) in [5.74, 6) is -1.51. The number of nitriles is 1. The number of hydrogen-bond acceptors (Lipinski definition) is 10. The summed E-state index contributed by atoms with van der Waals surface area (Å²) in [6, 6.07) is 11.5. The van der Waals surface area contributed by atoms with E-state index in [-0.39, 0.29) is 35.5 Å². The van der Waals surface area contributed by atoms with E-state index in [0.29, 0.717) is 0 Å². The summed E-state index contributed by atoms with van der Waals surface area (Å²) in [4.78, 5) is 44.6. The Balaban J connectivity index is 1.55. The number of nitro benzene ring substituents is 2. The van der Waals surface area contributed by atoms with Gasteiger partial charge in [-0.15, -0.1) is 0 Å². The minimum absolute atomic E-state index is 0.0698. The molecule has 32 heavy (non-hydrogen) atoms. The van der Waals surface area contributed by atoms with E-state index in [4.69, 9.17) is 14.2 Å². The van der Waals surface area contributed by atoms with Crippen molar-refractivity contribution in [1.29, 1.82) is 5.26 Å². The van der Waals surface area contributed by atoms with Crippen LogP contribution in [0.3, 0.4) is 0 Å². The van der Waals surface area contributed by atoms with Crippen LogP contribution >= 0.6 is 0 Å². The van der Waals surface area contributed by atoms with Gasteiger partial charge >= 0.3 is 11.9 Å². The number of rotatable bonds is 7. The van der Waals surface area contributed by atoms with Gasteiger partial charge in [0.05, 0.1) is 33.1 Å². The highest BCUT2D eigenvalue weighted by Gasteiger charge is 2.39. The fraction of sp³-hybridized carbons (Fsp3) is 0.250. The zero-order chi connectivity index (χ0) is 23.3. The second-order valence-electron chi connectivity index (χ2n) is 6.69. The van der Waals surface area contributed by atoms with E-state index in [9.17, 15) is 35.1 Å². The first kappa shape index (κ1) is 22.3. The number of esters is 2. The molecule has 0 amide bonds. The Kier molecular flexibility index (Phi) is 6.71. The Morgan fingerprint density at radius 1 is 0.969 bits per heavy atom. The van der Waals surface area contributed by atoms with Crippen molar-refractivity contribution in [2.75, 3.05) is 6.61 Å². The highest BCUT2D eigenvalue weighted by molar-refractivity contribution is 5.90. The maximum atomic E-state index is 12.3. The van der Waals surface area contributed by atoms with Crippen LogP contribution in [0.2, 0.25) is 0 Å². The molecule has 164 valence electrons. The molecule has 3 atom stereocenters. The summed E-state index contributed by atoms with van der Waals surface area (Å²) in [5, 5.41) is 30.6. The van der Waals surface area contributed by atoms with Crippen molar-refractivity contribution < 1.29 is 33.6 Å². The Hall–Kier alpha value is -4.37.